The summed E-state index contributed by atoms with van der Waals surface area (Å²) in [5.41, 5.74) is 0. The molecule has 0 amide bonds. The van der Waals surface area contributed by atoms with Crippen LogP contribution < -0.4 is 35.4 Å². The fraction of sp³-hybridized carbons (Fsp3) is 1.00. The van der Waals surface area contributed by atoms with Crippen molar-refractivity contribution in [2.24, 2.45) is 0 Å². The lowest BCUT2D eigenvalue weighted by Gasteiger charge is -1.83. The first-order chi connectivity index (χ1) is 4.83. The molecule has 4 heteroatoms. The van der Waals surface area contributed by atoms with E-state index in [-0.39, 0.29) is 24.8 Å². The number of hydrogen-bond donors (Lipinski definition) is 2. The molecular weight excluding hydrogens is 195 g/mol. The van der Waals surface area contributed by atoms with Gasteiger partial charge < -0.3 is 35.4 Å². The Kier molecular flexibility index (Phi) is 57.2. The standard InChI is InChI=1S/2C4H11N.2ClH/c2*1-3-5-4-2;;/h2*5H,3-4H2,1-2H3;2*1H. The fourth-order valence-corrected chi connectivity index (χ4v) is 0.577. The van der Waals surface area contributed by atoms with Crippen LogP contribution in [0.2, 0.25) is 0 Å². The highest BCUT2D eigenvalue weighted by Gasteiger charge is 1.67. The van der Waals surface area contributed by atoms with Gasteiger partial charge in [0.25, 0.3) is 0 Å². The Hall–Kier alpha value is 0.500. The van der Waals surface area contributed by atoms with E-state index in [1.165, 1.54) is 26.2 Å². The summed E-state index contributed by atoms with van der Waals surface area (Å²) in [6.45, 7) is 13.5. The molecule has 0 bridgehead atoms. The summed E-state index contributed by atoms with van der Waals surface area (Å²) in [6, 6.07) is 0. The number of nitrogens with two attached hydrogens (primary N) is 2. The van der Waals surface area contributed by atoms with Crippen molar-refractivity contribution in [3.63, 3.8) is 0 Å². The first-order valence-corrected chi connectivity index (χ1v) is 4.46. The maximum Gasteiger partial charge on any atom is 0.0726 e. The average molecular weight is 219 g/mol. The van der Waals surface area contributed by atoms with Crippen LogP contribution in [0.3, 0.4) is 0 Å². The molecule has 0 saturated carbocycles. The Balaban J connectivity index is -0.0000000457. The molecular formula is C8H24Cl2N2. The van der Waals surface area contributed by atoms with Crippen LogP contribution in [0, 0.1) is 0 Å². The Morgan fingerprint density at radius 1 is 0.583 bits per heavy atom. The third-order valence-electron chi connectivity index (χ3n) is 1.15. The van der Waals surface area contributed by atoms with Crippen molar-refractivity contribution in [2.45, 2.75) is 27.7 Å². The monoisotopic (exact) mass is 218 g/mol. The molecule has 0 aromatic heterocycles. The van der Waals surface area contributed by atoms with Crippen LogP contribution in [-0.4, -0.2) is 26.2 Å². The van der Waals surface area contributed by atoms with E-state index in [4.69, 9.17) is 0 Å². The topological polar surface area (TPSA) is 33.2 Å². The van der Waals surface area contributed by atoms with Crippen molar-refractivity contribution in [1.29, 1.82) is 0 Å². The molecule has 0 unspecified atom stereocenters. The van der Waals surface area contributed by atoms with Gasteiger partial charge in [0.2, 0.25) is 0 Å². The molecule has 0 rings (SSSR count). The molecule has 80 valence electrons. The van der Waals surface area contributed by atoms with Gasteiger partial charge in [0.15, 0.2) is 0 Å². The molecule has 0 aliphatic heterocycles. The summed E-state index contributed by atoms with van der Waals surface area (Å²) in [6.07, 6.45) is 0. The zero-order chi connectivity index (χ0) is 8.24. The number of halogens is 2. The highest BCUT2D eigenvalue weighted by Crippen LogP contribution is 1.30. The maximum absolute atomic E-state index is 2.25. The minimum absolute atomic E-state index is 0. The van der Waals surface area contributed by atoms with Crippen molar-refractivity contribution in [3.05, 3.63) is 0 Å². The highest BCUT2D eigenvalue weighted by atomic mass is 35.5. The molecule has 2 nitrogen and oxygen atoms in total. The van der Waals surface area contributed by atoms with Crippen molar-refractivity contribution in [1.82, 2.24) is 0 Å². The van der Waals surface area contributed by atoms with Crippen molar-refractivity contribution >= 4 is 0 Å². The van der Waals surface area contributed by atoms with Gasteiger partial charge in [0.1, 0.15) is 0 Å². The summed E-state index contributed by atoms with van der Waals surface area (Å²) >= 11 is 0. The summed E-state index contributed by atoms with van der Waals surface area (Å²) < 4.78 is 0. The predicted octanol–water partition coefficient (Wildman–Crippen LogP) is -6.81. The number of quaternary nitrogens is 2. The lowest BCUT2D eigenvalue weighted by Crippen LogP contribution is -3.00. The van der Waals surface area contributed by atoms with Crippen molar-refractivity contribution in [3.8, 4) is 0 Å². The van der Waals surface area contributed by atoms with Gasteiger partial charge in [0.05, 0.1) is 26.2 Å². The van der Waals surface area contributed by atoms with Gasteiger partial charge in [-0.3, -0.25) is 0 Å². The molecule has 0 fully saturated rings. The molecule has 0 saturated heterocycles. The van der Waals surface area contributed by atoms with Gasteiger partial charge in [-0.25, -0.2) is 0 Å². The van der Waals surface area contributed by atoms with Gasteiger partial charge in [0, 0.05) is 0 Å². The molecule has 0 aromatic carbocycles. The lowest BCUT2D eigenvalue weighted by molar-refractivity contribution is -0.648. The van der Waals surface area contributed by atoms with Crippen LogP contribution >= 0.6 is 0 Å². The second kappa shape index (κ2) is 30.0. The van der Waals surface area contributed by atoms with Crippen LogP contribution in [0.1, 0.15) is 27.7 Å². The summed E-state index contributed by atoms with van der Waals surface area (Å²) in [5, 5.41) is 4.50. The van der Waals surface area contributed by atoms with Crippen LogP contribution in [0.25, 0.3) is 0 Å². The molecule has 12 heavy (non-hydrogen) atoms. The summed E-state index contributed by atoms with van der Waals surface area (Å²) in [5.74, 6) is 0. The smallest absolute Gasteiger partial charge is 0.0726 e. The zero-order valence-electron chi connectivity index (χ0n) is 8.74. The normalized spacial score (nSPS) is 7.00. The van der Waals surface area contributed by atoms with Gasteiger partial charge in [-0.05, 0) is 27.7 Å². The van der Waals surface area contributed by atoms with Crippen LogP contribution in [0.4, 0.5) is 0 Å². The SMILES string of the molecule is CC[NH2+]CC.CC[NH2+]CC.[Cl-].[Cl-]. The van der Waals surface area contributed by atoms with E-state index in [9.17, 15) is 0 Å². The zero-order valence-corrected chi connectivity index (χ0v) is 10.3. The predicted molar refractivity (Wildman–Crippen MR) is 46.0 cm³/mol. The maximum atomic E-state index is 2.25. The van der Waals surface area contributed by atoms with Crippen molar-refractivity contribution in [2.75, 3.05) is 26.2 Å². The quantitative estimate of drug-likeness (QED) is 0.471. The molecule has 0 aliphatic carbocycles. The van der Waals surface area contributed by atoms with E-state index in [1.807, 2.05) is 0 Å². The molecule has 0 heterocycles. The minimum Gasteiger partial charge on any atom is -1.00 e. The van der Waals surface area contributed by atoms with E-state index in [1.54, 1.807) is 0 Å². The highest BCUT2D eigenvalue weighted by molar-refractivity contribution is 3.96. The molecule has 0 atom stereocenters. The Morgan fingerprint density at radius 3 is 0.750 bits per heavy atom. The van der Waals surface area contributed by atoms with Gasteiger partial charge >= 0.3 is 0 Å². The first-order valence-electron chi connectivity index (χ1n) is 4.46. The van der Waals surface area contributed by atoms with Gasteiger partial charge in [-0.15, -0.1) is 0 Å². The molecule has 0 radical (unpaired) electrons. The van der Waals surface area contributed by atoms with Crippen LogP contribution in [0.5, 0.6) is 0 Å². The molecule has 0 spiro atoms. The summed E-state index contributed by atoms with van der Waals surface area (Å²) in [4.78, 5) is 0. The number of rotatable bonds is 4. The van der Waals surface area contributed by atoms with Crippen molar-refractivity contribution < 1.29 is 35.4 Å². The Labute approximate surface area is 89.7 Å². The van der Waals surface area contributed by atoms with E-state index < -0.39 is 0 Å². The van der Waals surface area contributed by atoms with E-state index >= 15 is 0 Å². The molecule has 0 aliphatic rings. The third kappa shape index (κ3) is 46.8. The van der Waals surface area contributed by atoms with Gasteiger partial charge in [-0.2, -0.15) is 0 Å². The lowest BCUT2D eigenvalue weighted by atomic mass is 10.7. The largest absolute Gasteiger partial charge is 1.00 e. The molecule has 0 aromatic rings. The Bertz CT molecular complexity index is 36.0. The van der Waals surface area contributed by atoms with E-state index in [2.05, 4.69) is 38.3 Å². The fourth-order valence-electron chi connectivity index (χ4n) is 0.577. The van der Waals surface area contributed by atoms with E-state index in [0.717, 1.165) is 0 Å². The average Bonchev–Trinajstić information content (AvgIpc) is 1.93. The minimum atomic E-state index is 0. The van der Waals surface area contributed by atoms with Crippen LogP contribution in [0.15, 0.2) is 0 Å². The van der Waals surface area contributed by atoms with Gasteiger partial charge in [-0.1, -0.05) is 0 Å². The van der Waals surface area contributed by atoms with E-state index in [0.29, 0.717) is 0 Å². The van der Waals surface area contributed by atoms with Crippen LogP contribution in [-0.2, 0) is 0 Å². The Morgan fingerprint density at radius 2 is 0.750 bits per heavy atom. The summed E-state index contributed by atoms with van der Waals surface area (Å²) in [7, 11) is 0. The number of hydrogen-bond acceptors (Lipinski definition) is 0. The third-order valence-corrected chi connectivity index (χ3v) is 1.15. The second-order valence-electron chi connectivity index (χ2n) is 2.21. The molecule has 4 N–H and O–H groups in total. The second-order valence-corrected chi connectivity index (χ2v) is 2.21. The first kappa shape index (κ1) is 22.9.